The molecule has 2 aromatic heterocycles. The Kier molecular flexibility index (Phi) is 4.39. The molecule has 5 heteroatoms. The second-order valence-electron chi connectivity index (χ2n) is 5.88. The predicted octanol–water partition coefficient (Wildman–Crippen LogP) is 2.74. The van der Waals surface area contributed by atoms with Gasteiger partial charge in [-0.2, -0.15) is 5.10 Å². The van der Waals surface area contributed by atoms with Gasteiger partial charge in [-0.15, -0.1) is 0 Å². The van der Waals surface area contributed by atoms with Crippen LogP contribution in [0.25, 0.3) is 0 Å². The summed E-state index contributed by atoms with van der Waals surface area (Å²) in [6, 6.07) is 3.35. The van der Waals surface area contributed by atoms with E-state index in [-0.39, 0.29) is 0 Å². The Bertz CT molecular complexity index is 563. The maximum atomic E-state index is 4.72. The first-order valence-corrected chi connectivity index (χ1v) is 8.07. The zero-order valence-electron chi connectivity index (χ0n) is 13.0. The molecule has 3 rings (SSSR count). The molecule has 2 heterocycles. The van der Waals surface area contributed by atoms with Crippen LogP contribution in [0.15, 0.2) is 24.7 Å². The fourth-order valence-corrected chi connectivity index (χ4v) is 2.68. The number of rotatable bonds is 8. The van der Waals surface area contributed by atoms with Gasteiger partial charge in [0.15, 0.2) is 0 Å². The van der Waals surface area contributed by atoms with E-state index >= 15 is 0 Å². The van der Waals surface area contributed by atoms with E-state index in [1.807, 2.05) is 12.4 Å². The molecule has 0 amide bonds. The Morgan fingerprint density at radius 1 is 1.29 bits per heavy atom. The van der Waals surface area contributed by atoms with Crippen molar-refractivity contribution in [2.45, 2.75) is 64.7 Å². The summed E-state index contributed by atoms with van der Waals surface area (Å²) in [4.78, 5) is 4.45. The summed E-state index contributed by atoms with van der Waals surface area (Å²) < 4.78 is 4.29. The minimum Gasteiger partial charge on any atom is -0.328 e. The van der Waals surface area contributed by atoms with Crippen molar-refractivity contribution in [3.63, 3.8) is 0 Å². The molecule has 0 saturated heterocycles. The number of hydrogen-bond acceptors (Lipinski definition) is 3. The summed E-state index contributed by atoms with van der Waals surface area (Å²) in [5.74, 6) is 1.10. The molecule has 0 bridgehead atoms. The van der Waals surface area contributed by atoms with Crippen molar-refractivity contribution in [3.8, 4) is 0 Å². The smallest absolute Gasteiger partial charge is 0.123 e. The van der Waals surface area contributed by atoms with Crippen molar-refractivity contribution in [2.75, 3.05) is 0 Å². The Morgan fingerprint density at radius 2 is 2.10 bits per heavy atom. The molecule has 0 aromatic carbocycles. The molecule has 0 radical (unpaired) electrons. The van der Waals surface area contributed by atoms with E-state index in [9.17, 15) is 0 Å². The highest BCUT2D eigenvalue weighted by Crippen LogP contribution is 2.19. The minimum absolute atomic E-state index is 0.512. The van der Waals surface area contributed by atoms with E-state index < -0.39 is 0 Å². The van der Waals surface area contributed by atoms with Crippen LogP contribution < -0.4 is 5.32 Å². The summed E-state index contributed by atoms with van der Waals surface area (Å²) in [6.07, 6.45) is 10.9. The second kappa shape index (κ2) is 6.43. The monoisotopic (exact) mass is 287 g/mol. The Balaban J connectivity index is 1.64. The summed E-state index contributed by atoms with van der Waals surface area (Å²) >= 11 is 0. The second-order valence-corrected chi connectivity index (χ2v) is 5.88. The lowest BCUT2D eigenvalue weighted by Crippen LogP contribution is -2.19. The van der Waals surface area contributed by atoms with Crippen molar-refractivity contribution in [3.05, 3.63) is 36.2 Å². The summed E-state index contributed by atoms with van der Waals surface area (Å²) in [7, 11) is 0. The lowest BCUT2D eigenvalue weighted by Gasteiger charge is -2.12. The van der Waals surface area contributed by atoms with Crippen molar-refractivity contribution in [2.24, 2.45) is 0 Å². The lowest BCUT2D eigenvalue weighted by molar-refractivity contribution is 0.424. The number of aromatic nitrogens is 4. The van der Waals surface area contributed by atoms with Crippen LogP contribution in [0.3, 0.4) is 0 Å². The first-order valence-electron chi connectivity index (χ1n) is 8.07. The first-order chi connectivity index (χ1) is 10.3. The van der Waals surface area contributed by atoms with Crippen LogP contribution in [0.4, 0.5) is 0 Å². The van der Waals surface area contributed by atoms with Gasteiger partial charge in [-0.25, -0.2) is 4.98 Å². The van der Waals surface area contributed by atoms with Crippen LogP contribution in [0, 0.1) is 0 Å². The van der Waals surface area contributed by atoms with Crippen LogP contribution in [0.1, 0.15) is 57.1 Å². The molecule has 1 N–H and O–H groups in total. The summed E-state index contributed by atoms with van der Waals surface area (Å²) in [5, 5.41) is 8.24. The van der Waals surface area contributed by atoms with Gasteiger partial charge in [0.05, 0.1) is 24.8 Å². The van der Waals surface area contributed by atoms with Crippen molar-refractivity contribution in [1.29, 1.82) is 0 Å². The van der Waals surface area contributed by atoms with Crippen LogP contribution in [0.2, 0.25) is 0 Å². The topological polar surface area (TPSA) is 47.7 Å². The highest BCUT2D eigenvalue weighted by atomic mass is 15.3. The van der Waals surface area contributed by atoms with E-state index in [1.54, 1.807) is 0 Å². The van der Waals surface area contributed by atoms with Gasteiger partial charge in [-0.1, -0.05) is 13.8 Å². The van der Waals surface area contributed by atoms with Gasteiger partial charge < -0.3 is 9.88 Å². The van der Waals surface area contributed by atoms with Gasteiger partial charge in [0.25, 0.3) is 0 Å². The molecular formula is C16H25N5. The third-order valence-corrected chi connectivity index (χ3v) is 4.24. The van der Waals surface area contributed by atoms with Gasteiger partial charge in [0, 0.05) is 24.6 Å². The summed E-state index contributed by atoms with van der Waals surface area (Å²) in [6.45, 7) is 6.08. The normalized spacial score (nSPS) is 15.0. The highest BCUT2D eigenvalue weighted by molar-refractivity contribution is 5.04. The standard InChI is InChI=1S/C16H25N5/c1-3-15(4-2)21-9-7-14(19-21)12-20-10-8-17-16(20)11-18-13-5-6-13/h7-10,13,15,18H,3-6,11-12H2,1-2H3. The number of imidazole rings is 1. The van der Waals surface area contributed by atoms with E-state index in [0.717, 1.165) is 37.4 Å². The van der Waals surface area contributed by atoms with Gasteiger partial charge in [-0.3, -0.25) is 4.68 Å². The van der Waals surface area contributed by atoms with Gasteiger partial charge in [-0.05, 0) is 31.7 Å². The Morgan fingerprint density at radius 3 is 2.81 bits per heavy atom. The largest absolute Gasteiger partial charge is 0.328 e. The SMILES string of the molecule is CCC(CC)n1ccc(Cn2ccnc2CNC2CC2)n1. The van der Waals surface area contributed by atoms with Crippen molar-refractivity contribution in [1.82, 2.24) is 24.6 Å². The molecule has 1 aliphatic carbocycles. The maximum Gasteiger partial charge on any atom is 0.123 e. The molecular weight excluding hydrogens is 262 g/mol. The maximum absolute atomic E-state index is 4.72. The molecule has 5 nitrogen and oxygen atoms in total. The molecule has 0 atom stereocenters. The molecule has 21 heavy (non-hydrogen) atoms. The zero-order valence-corrected chi connectivity index (χ0v) is 13.0. The minimum atomic E-state index is 0.512. The molecule has 2 aromatic rings. The quantitative estimate of drug-likeness (QED) is 0.812. The molecule has 0 unspecified atom stereocenters. The van der Waals surface area contributed by atoms with Gasteiger partial charge >= 0.3 is 0 Å². The average molecular weight is 287 g/mol. The van der Waals surface area contributed by atoms with E-state index in [2.05, 4.69) is 45.7 Å². The number of nitrogens with one attached hydrogen (secondary N) is 1. The molecule has 114 valence electrons. The van der Waals surface area contributed by atoms with Crippen LogP contribution in [-0.4, -0.2) is 25.4 Å². The van der Waals surface area contributed by atoms with E-state index in [4.69, 9.17) is 5.10 Å². The Labute approximate surface area is 126 Å². The molecule has 0 spiro atoms. The van der Waals surface area contributed by atoms with E-state index in [0.29, 0.717) is 12.1 Å². The lowest BCUT2D eigenvalue weighted by atomic mass is 10.2. The third-order valence-electron chi connectivity index (χ3n) is 4.24. The zero-order chi connectivity index (χ0) is 14.7. The molecule has 1 aliphatic rings. The predicted molar refractivity (Wildman–Crippen MR) is 83.0 cm³/mol. The molecule has 1 fully saturated rings. The van der Waals surface area contributed by atoms with Gasteiger partial charge in [0.2, 0.25) is 0 Å². The fraction of sp³-hybridized carbons (Fsp3) is 0.625. The Hall–Kier alpha value is -1.62. The number of hydrogen-bond donors (Lipinski definition) is 1. The summed E-state index contributed by atoms with van der Waals surface area (Å²) in [5.41, 5.74) is 1.10. The fourth-order valence-electron chi connectivity index (χ4n) is 2.68. The van der Waals surface area contributed by atoms with Crippen molar-refractivity contribution >= 4 is 0 Å². The van der Waals surface area contributed by atoms with Crippen LogP contribution >= 0.6 is 0 Å². The van der Waals surface area contributed by atoms with Crippen LogP contribution in [0.5, 0.6) is 0 Å². The van der Waals surface area contributed by atoms with Gasteiger partial charge in [0.1, 0.15) is 5.82 Å². The first kappa shape index (κ1) is 14.3. The highest BCUT2D eigenvalue weighted by Gasteiger charge is 2.20. The third kappa shape index (κ3) is 3.53. The van der Waals surface area contributed by atoms with Crippen molar-refractivity contribution < 1.29 is 0 Å². The average Bonchev–Trinajstić information content (AvgIpc) is 3.04. The van der Waals surface area contributed by atoms with E-state index in [1.165, 1.54) is 12.8 Å². The number of nitrogens with zero attached hydrogens (tertiary/aromatic N) is 4. The molecule has 0 aliphatic heterocycles. The van der Waals surface area contributed by atoms with Crippen LogP contribution in [-0.2, 0) is 13.1 Å². The molecule has 1 saturated carbocycles.